The molecule has 2 aliphatic heterocycles. The molecule has 10 heteroatoms. The summed E-state index contributed by atoms with van der Waals surface area (Å²) in [6, 6.07) is 5.20. The van der Waals surface area contributed by atoms with E-state index in [9.17, 15) is 18.8 Å². The first-order chi connectivity index (χ1) is 13.5. The monoisotopic (exact) mass is 391 g/mol. The van der Waals surface area contributed by atoms with E-state index in [1.807, 2.05) is 0 Å². The first-order valence-corrected chi connectivity index (χ1v) is 8.81. The van der Waals surface area contributed by atoms with Gasteiger partial charge in [0.05, 0.1) is 6.20 Å². The average molecular weight is 391 g/mol. The standard InChI is InChI=1S/C18H18FN3O6/c19-12-8-21(16-2-1-5-26-16)18(25)22(17(12)24)9-15(23)20-7-11-3-4-13-14(6-11)28-10-27-13/h3-4,6,8,16H,1-2,5,7,9-10H2,(H,20,23)/t16-/m1/s1. The van der Waals surface area contributed by atoms with Crippen LogP contribution in [-0.4, -0.2) is 28.4 Å². The third-order valence-corrected chi connectivity index (χ3v) is 4.60. The van der Waals surface area contributed by atoms with E-state index < -0.39 is 35.7 Å². The van der Waals surface area contributed by atoms with E-state index in [1.54, 1.807) is 18.2 Å². The van der Waals surface area contributed by atoms with Gasteiger partial charge in [-0.3, -0.25) is 14.2 Å². The Labute approximate surface area is 158 Å². The predicted molar refractivity (Wildman–Crippen MR) is 93.6 cm³/mol. The van der Waals surface area contributed by atoms with Crippen LogP contribution in [-0.2, 0) is 22.6 Å². The lowest BCUT2D eigenvalue weighted by molar-refractivity contribution is -0.122. The summed E-state index contributed by atoms with van der Waals surface area (Å²) in [6.07, 6.45) is 1.47. The number of halogens is 1. The van der Waals surface area contributed by atoms with Crippen LogP contribution in [0.2, 0.25) is 0 Å². The molecule has 1 amide bonds. The number of nitrogens with one attached hydrogen (secondary N) is 1. The molecule has 148 valence electrons. The molecule has 0 spiro atoms. The highest BCUT2D eigenvalue weighted by molar-refractivity contribution is 5.75. The third-order valence-electron chi connectivity index (χ3n) is 4.60. The second-order valence-electron chi connectivity index (χ2n) is 6.49. The van der Waals surface area contributed by atoms with Gasteiger partial charge in [0.15, 0.2) is 11.5 Å². The molecule has 0 radical (unpaired) electrons. The van der Waals surface area contributed by atoms with Gasteiger partial charge in [0.2, 0.25) is 18.5 Å². The largest absolute Gasteiger partial charge is 0.454 e. The van der Waals surface area contributed by atoms with Gasteiger partial charge in [-0.15, -0.1) is 0 Å². The Bertz CT molecular complexity index is 1020. The van der Waals surface area contributed by atoms with Gasteiger partial charge in [-0.05, 0) is 30.5 Å². The number of hydrogen-bond acceptors (Lipinski definition) is 6. The minimum absolute atomic E-state index is 0.143. The molecule has 1 fully saturated rings. The number of hydrogen-bond donors (Lipinski definition) is 1. The van der Waals surface area contributed by atoms with Gasteiger partial charge in [0.1, 0.15) is 12.8 Å². The molecule has 28 heavy (non-hydrogen) atoms. The lowest BCUT2D eigenvalue weighted by Gasteiger charge is -2.15. The van der Waals surface area contributed by atoms with Crippen molar-refractivity contribution in [1.82, 2.24) is 14.5 Å². The van der Waals surface area contributed by atoms with Gasteiger partial charge in [-0.2, -0.15) is 4.39 Å². The molecule has 0 unspecified atom stereocenters. The zero-order chi connectivity index (χ0) is 19.7. The quantitative estimate of drug-likeness (QED) is 0.797. The van der Waals surface area contributed by atoms with E-state index in [0.717, 1.165) is 22.7 Å². The van der Waals surface area contributed by atoms with Gasteiger partial charge < -0.3 is 19.5 Å². The van der Waals surface area contributed by atoms with Crippen LogP contribution < -0.4 is 26.0 Å². The molecule has 2 aromatic rings. The van der Waals surface area contributed by atoms with Crippen LogP contribution in [0.3, 0.4) is 0 Å². The smallest absolute Gasteiger partial charge is 0.333 e. The second kappa shape index (κ2) is 7.47. The van der Waals surface area contributed by atoms with Gasteiger partial charge in [-0.25, -0.2) is 9.36 Å². The van der Waals surface area contributed by atoms with Crippen LogP contribution in [0.5, 0.6) is 11.5 Å². The maximum Gasteiger partial charge on any atom is 0.333 e. The minimum atomic E-state index is -1.14. The van der Waals surface area contributed by atoms with Crippen molar-refractivity contribution < 1.29 is 23.4 Å². The molecular formula is C18H18FN3O6. The van der Waals surface area contributed by atoms with E-state index in [4.69, 9.17) is 14.2 Å². The number of amides is 1. The summed E-state index contributed by atoms with van der Waals surface area (Å²) >= 11 is 0. The second-order valence-corrected chi connectivity index (χ2v) is 6.49. The molecule has 1 N–H and O–H groups in total. The summed E-state index contributed by atoms with van der Waals surface area (Å²) in [4.78, 5) is 36.8. The molecule has 0 aliphatic carbocycles. The highest BCUT2D eigenvalue weighted by Gasteiger charge is 2.23. The summed E-state index contributed by atoms with van der Waals surface area (Å²) in [6.45, 7) is 0.157. The van der Waals surface area contributed by atoms with Crippen molar-refractivity contribution in [2.75, 3.05) is 13.4 Å². The SMILES string of the molecule is O=C(Cn1c(=O)c(F)cn([C@H]2CCCO2)c1=O)NCc1ccc2c(c1)OCO2. The summed E-state index contributed by atoms with van der Waals surface area (Å²) in [5.41, 5.74) is -1.17. The fraction of sp³-hybridized carbons (Fsp3) is 0.389. The Morgan fingerprint density at radius 1 is 1.25 bits per heavy atom. The molecule has 1 saturated heterocycles. The molecule has 3 heterocycles. The van der Waals surface area contributed by atoms with Crippen molar-refractivity contribution in [3.63, 3.8) is 0 Å². The predicted octanol–water partition coefficient (Wildman–Crippen LogP) is 0.503. The van der Waals surface area contributed by atoms with E-state index in [0.29, 0.717) is 29.1 Å². The number of carbonyl (C=O) groups excluding carboxylic acids is 1. The number of ether oxygens (including phenoxy) is 3. The summed E-state index contributed by atoms with van der Waals surface area (Å²) < 4.78 is 31.5. The highest BCUT2D eigenvalue weighted by Crippen LogP contribution is 2.32. The maximum atomic E-state index is 14.0. The Morgan fingerprint density at radius 2 is 2.07 bits per heavy atom. The number of nitrogens with zero attached hydrogens (tertiary/aromatic N) is 2. The zero-order valence-electron chi connectivity index (χ0n) is 14.9. The molecular weight excluding hydrogens is 373 g/mol. The molecule has 0 saturated carbocycles. The maximum absolute atomic E-state index is 14.0. The molecule has 9 nitrogen and oxygen atoms in total. The summed E-state index contributed by atoms with van der Waals surface area (Å²) in [5.74, 6) is -0.511. The van der Waals surface area contributed by atoms with Crippen LogP contribution >= 0.6 is 0 Å². The number of carbonyl (C=O) groups is 1. The topological polar surface area (TPSA) is 101 Å². The van der Waals surface area contributed by atoms with E-state index >= 15 is 0 Å². The minimum Gasteiger partial charge on any atom is -0.454 e. The number of aromatic nitrogens is 2. The lowest BCUT2D eigenvalue weighted by Crippen LogP contribution is -2.45. The molecule has 1 aromatic heterocycles. The van der Waals surface area contributed by atoms with Crippen molar-refractivity contribution in [2.24, 2.45) is 0 Å². The van der Waals surface area contributed by atoms with Crippen molar-refractivity contribution >= 4 is 5.91 Å². The van der Waals surface area contributed by atoms with Crippen LogP contribution in [0.4, 0.5) is 4.39 Å². The van der Waals surface area contributed by atoms with E-state index in [2.05, 4.69) is 5.32 Å². The van der Waals surface area contributed by atoms with Crippen molar-refractivity contribution in [2.45, 2.75) is 32.2 Å². The molecule has 4 rings (SSSR count). The Morgan fingerprint density at radius 3 is 2.86 bits per heavy atom. The number of rotatable bonds is 5. The first kappa shape index (κ1) is 18.2. The molecule has 2 aliphatic rings. The molecule has 1 aromatic carbocycles. The van der Waals surface area contributed by atoms with Crippen molar-refractivity contribution in [3.8, 4) is 11.5 Å². The summed E-state index contributed by atoms with van der Waals surface area (Å²) in [5, 5.41) is 2.60. The molecule has 0 bridgehead atoms. The average Bonchev–Trinajstić information content (AvgIpc) is 3.37. The fourth-order valence-corrected chi connectivity index (χ4v) is 3.16. The highest BCUT2D eigenvalue weighted by atomic mass is 19.1. The lowest BCUT2D eigenvalue weighted by atomic mass is 10.2. The van der Waals surface area contributed by atoms with Gasteiger partial charge in [0, 0.05) is 13.2 Å². The van der Waals surface area contributed by atoms with Crippen molar-refractivity contribution in [1.29, 1.82) is 0 Å². The Kier molecular flexibility index (Phi) is 4.86. The third kappa shape index (κ3) is 3.50. The van der Waals surface area contributed by atoms with Gasteiger partial charge >= 0.3 is 5.69 Å². The summed E-state index contributed by atoms with van der Waals surface area (Å²) in [7, 11) is 0. The number of benzene rings is 1. The van der Waals surface area contributed by atoms with Crippen LogP contribution in [0.15, 0.2) is 34.0 Å². The fourth-order valence-electron chi connectivity index (χ4n) is 3.16. The first-order valence-electron chi connectivity index (χ1n) is 8.81. The van der Waals surface area contributed by atoms with Gasteiger partial charge in [-0.1, -0.05) is 6.07 Å². The number of fused-ring (bicyclic) bond motifs is 1. The Hall–Kier alpha value is -3.14. The van der Waals surface area contributed by atoms with Crippen molar-refractivity contribution in [3.05, 3.63) is 56.6 Å². The van der Waals surface area contributed by atoms with E-state index in [1.165, 1.54) is 0 Å². The van der Waals surface area contributed by atoms with Crippen LogP contribution in [0.1, 0.15) is 24.6 Å². The van der Waals surface area contributed by atoms with E-state index in [-0.39, 0.29) is 13.3 Å². The zero-order valence-corrected chi connectivity index (χ0v) is 14.9. The Balaban J connectivity index is 1.48. The van der Waals surface area contributed by atoms with Crippen LogP contribution in [0, 0.1) is 5.82 Å². The molecule has 1 atom stereocenters. The normalized spacial score (nSPS) is 17.7. The van der Waals surface area contributed by atoms with Gasteiger partial charge in [0.25, 0.3) is 5.56 Å². The van der Waals surface area contributed by atoms with Crippen LogP contribution in [0.25, 0.3) is 0 Å².